The first-order valence-electron chi connectivity index (χ1n) is 17.3. The lowest BCUT2D eigenvalue weighted by molar-refractivity contribution is -0.130. The Hall–Kier alpha value is -0.740. The van der Waals surface area contributed by atoms with Crippen LogP contribution in [0.2, 0.25) is 0 Å². The van der Waals surface area contributed by atoms with Gasteiger partial charge < -0.3 is 10.6 Å². The highest BCUT2D eigenvalue weighted by atomic mass is 16.1. The topological polar surface area (TPSA) is 58.2 Å². The maximum atomic E-state index is 12.8. The van der Waals surface area contributed by atoms with Gasteiger partial charge in [0.25, 0.3) is 0 Å². The molecule has 2 aliphatic carbocycles. The SMILES string of the molecule is CC1(C)CCC(CC(NC(C)(C)C)C(=O)C(C)(C)C)CC1.CC1CC(C)CC(CC(NC(C)(C)C)C(=O)C(C)(C)C)C1. The van der Waals surface area contributed by atoms with Crippen LogP contribution in [-0.4, -0.2) is 34.7 Å². The Morgan fingerprint density at radius 1 is 0.619 bits per heavy atom. The molecule has 0 aromatic carbocycles. The molecular weight excluding hydrogens is 516 g/mol. The van der Waals surface area contributed by atoms with E-state index in [1.54, 1.807) is 0 Å². The molecule has 4 unspecified atom stereocenters. The molecule has 2 fully saturated rings. The van der Waals surface area contributed by atoms with Crippen molar-refractivity contribution in [1.29, 1.82) is 0 Å². The largest absolute Gasteiger partial charge is 0.303 e. The van der Waals surface area contributed by atoms with Gasteiger partial charge in [-0.05, 0) is 128 Å². The number of nitrogens with one attached hydrogen (secondary N) is 2. The van der Waals surface area contributed by atoms with Gasteiger partial charge in [-0.25, -0.2) is 0 Å². The number of hydrogen-bond donors (Lipinski definition) is 2. The van der Waals surface area contributed by atoms with Crippen LogP contribution in [-0.2, 0) is 9.59 Å². The van der Waals surface area contributed by atoms with E-state index in [2.05, 4.69) is 79.9 Å². The number of hydrogen-bond acceptors (Lipinski definition) is 4. The number of ketones is 2. The van der Waals surface area contributed by atoms with Crippen LogP contribution in [0.25, 0.3) is 0 Å². The van der Waals surface area contributed by atoms with Crippen molar-refractivity contribution in [3.8, 4) is 0 Å². The predicted molar refractivity (Wildman–Crippen MR) is 183 cm³/mol. The molecule has 0 saturated heterocycles. The molecule has 2 N–H and O–H groups in total. The summed E-state index contributed by atoms with van der Waals surface area (Å²) < 4.78 is 0. The van der Waals surface area contributed by atoms with Crippen LogP contribution in [0.15, 0.2) is 0 Å². The standard InChI is InChI=1S/2C19H37NO/c1-13-9-14(2)11-15(10-13)12-16(20-19(6,7)8)17(21)18(3,4)5;1-17(2,3)16(21)15(20-18(4,5)6)13-14-9-11-19(7,8)12-10-14/h13-16,20H,9-12H2,1-8H3;14-15,20H,9-13H2,1-8H3. The summed E-state index contributed by atoms with van der Waals surface area (Å²) in [6.45, 7) is 34.6. The fourth-order valence-electron chi connectivity index (χ4n) is 7.22. The fraction of sp³-hybridized carbons (Fsp3) is 0.947. The first kappa shape index (κ1) is 39.3. The van der Waals surface area contributed by atoms with Crippen LogP contribution in [0.1, 0.15) is 169 Å². The first-order chi connectivity index (χ1) is 18.7. The lowest BCUT2D eigenvalue weighted by Gasteiger charge is -2.38. The summed E-state index contributed by atoms with van der Waals surface area (Å²) >= 11 is 0. The van der Waals surface area contributed by atoms with Gasteiger partial charge in [-0.3, -0.25) is 9.59 Å². The number of rotatable bonds is 8. The van der Waals surface area contributed by atoms with E-state index >= 15 is 0 Å². The molecule has 2 saturated carbocycles. The van der Waals surface area contributed by atoms with Crippen molar-refractivity contribution in [2.24, 2.45) is 39.9 Å². The third-order valence-electron chi connectivity index (χ3n) is 9.20. The van der Waals surface area contributed by atoms with Crippen molar-refractivity contribution >= 4 is 11.6 Å². The van der Waals surface area contributed by atoms with Gasteiger partial charge in [0.15, 0.2) is 11.6 Å². The minimum atomic E-state index is -0.269. The minimum Gasteiger partial charge on any atom is -0.303 e. The van der Waals surface area contributed by atoms with Gasteiger partial charge in [0.2, 0.25) is 0 Å². The zero-order valence-electron chi connectivity index (χ0n) is 31.1. The predicted octanol–water partition coefficient (Wildman–Crippen LogP) is 9.79. The van der Waals surface area contributed by atoms with Crippen molar-refractivity contribution in [3.63, 3.8) is 0 Å². The van der Waals surface area contributed by atoms with Crippen LogP contribution in [0.3, 0.4) is 0 Å². The number of carbonyl (C=O) groups excluding carboxylic acids is 2. The molecule has 0 aromatic rings. The molecule has 248 valence electrons. The van der Waals surface area contributed by atoms with Gasteiger partial charge in [-0.15, -0.1) is 0 Å². The third-order valence-corrected chi connectivity index (χ3v) is 9.20. The third kappa shape index (κ3) is 15.3. The van der Waals surface area contributed by atoms with Gasteiger partial charge in [0.05, 0.1) is 12.1 Å². The maximum absolute atomic E-state index is 12.8. The second-order valence-corrected chi connectivity index (χ2v) is 19.5. The van der Waals surface area contributed by atoms with Crippen molar-refractivity contribution in [2.75, 3.05) is 0 Å². The average Bonchev–Trinajstić information content (AvgIpc) is 2.75. The Kier molecular flexibility index (Phi) is 14.1. The summed E-state index contributed by atoms with van der Waals surface area (Å²) in [5, 5.41) is 7.17. The Bertz CT molecular complexity index is 826. The van der Waals surface area contributed by atoms with E-state index in [4.69, 9.17) is 0 Å². The fourth-order valence-corrected chi connectivity index (χ4v) is 7.22. The van der Waals surface area contributed by atoms with E-state index in [-0.39, 0.29) is 34.0 Å². The molecule has 4 heteroatoms. The summed E-state index contributed by atoms with van der Waals surface area (Å²) in [6.07, 6.45) is 11.0. The molecule has 0 radical (unpaired) electrons. The summed E-state index contributed by atoms with van der Waals surface area (Å²) in [4.78, 5) is 25.6. The average molecular weight is 591 g/mol. The van der Waals surface area contributed by atoms with Gasteiger partial charge in [-0.2, -0.15) is 0 Å². The van der Waals surface area contributed by atoms with Crippen molar-refractivity contribution in [2.45, 2.75) is 192 Å². The summed E-state index contributed by atoms with van der Waals surface area (Å²) in [5.41, 5.74) is -0.0693. The maximum Gasteiger partial charge on any atom is 0.155 e. The van der Waals surface area contributed by atoms with Gasteiger partial charge in [0.1, 0.15) is 0 Å². The normalized spacial score (nSPS) is 25.7. The summed E-state index contributed by atoms with van der Waals surface area (Å²) in [5.74, 6) is 3.72. The Labute approximate surface area is 263 Å². The Morgan fingerprint density at radius 3 is 1.26 bits per heavy atom. The molecule has 4 nitrogen and oxygen atoms in total. The van der Waals surface area contributed by atoms with E-state index < -0.39 is 0 Å². The molecule has 0 spiro atoms. The zero-order chi connectivity index (χ0) is 32.9. The van der Waals surface area contributed by atoms with Crippen molar-refractivity contribution in [1.82, 2.24) is 10.6 Å². The highest BCUT2D eigenvalue weighted by Gasteiger charge is 2.37. The highest BCUT2D eigenvalue weighted by Crippen LogP contribution is 2.40. The smallest absolute Gasteiger partial charge is 0.155 e. The van der Waals surface area contributed by atoms with E-state index in [1.165, 1.54) is 44.9 Å². The number of carbonyl (C=O) groups is 2. The molecule has 4 atom stereocenters. The second kappa shape index (κ2) is 15.0. The van der Waals surface area contributed by atoms with Crippen molar-refractivity contribution in [3.05, 3.63) is 0 Å². The summed E-state index contributed by atoms with van der Waals surface area (Å²) in [7, 11) is 0. The monoisotopic (exact) mass is 591 g/mol. The zero-order valence-corrected chi connectivity index (χ0v) is 31.1. The lowest BCUT2D eigenvalue weighted by atomic mass is 9.70. The van der Waals surface area contributed by atoms with E-state index in [9.17, 15) is 9.59 Å². The van der Waals surface area contributed by atoms with E-state index in [1.807, 2.05) is 41.5 Å². The van der Waals surface area contributed by atoms with Crippen LogP contribution >= 0.6 is 0 Å². The molecular formula is C38H74N2O2. The highest BCUT2D eigenvalue weighted by molar-refractivity contribution is 5.89. The quantitative estimate of drug-likeness (QED) is 0.295. The van der Waals surface area contributed by atoms with Gasteiger partial charge in [0, 0.05) is 21.9 Å². The van der Waals surface area contributed by atoms with Crippen LogP contribution in [0.4, 0.5) is 0 Å². The molecule has 42 heavy (non-hydrogen) atoms. The second-order valence-electron chi connectivity index (χ2n) is 19.5. The molecule has 0 amide bonds. The van der Waals surface area contributed by atoms with Crippen LogP contribution in [0, 0.1) is 39.9 Å². The van der Waals surface area contributed by atoms with Gasteiger partial charge >= 0.3 is 0 Å². The van der Waals surface area contributed by atoms with Gasteiger partial charge in [-0.1, -0.05) is 69.2 Å². The molecule has 0 bridgehead atoms. The molecule has 2 aliphatic rings. The molecule has 0 aliphatic heterocycles. The Balaban J connectivity index is 0.000000420. The van der Waals surface area contributed by atoms with E-state index in [0.717, 1.165) is 24.7 Å². The minimum absolute atomic E-state index is 0.00351. The molecule has 0 heterocycles. The number of Topliss-reactive ketones (excluding diaryl/α,β-unsaturated/α-hetero) is 2. The van der Waals surface area contributed by atoms with Crippen LogP contribution in [0.5, 0.6) is 0 Å². The first-order valence-corrected chi connectivity index (χ1v) is 17.3. The Morgan fingerprint density at radius 2 is 0.952 bits per heavy atom. The molecule has 2 rings (SSSR count). The van der Waals surface area contributed by atoms with Crippen LogP contribution < -0.4 is 10.6 Å². The summed E-state index contributed by atoms with van der Waals surface area (Å²) in [6, 6.07) is -0.0105. The lowest BCUT2D eigenvalue weighted by Crippen LogP contribution is -2.51. The van der Waals surface area contributed by atoms with E-state index in [0.29, 0.717) is 28.8 Å². The van der Waals surface area contributed by atoms with Crippen molar-refractivity contribution < 1.29 is 9.59 Å². The molecule has 0 aromatic heterocycles.